The summed E-state index contributed by atoms with van der Waals surface area (Å²) in [5, 5.41) is 3.08. The molecular weight excluding hydrogens is 363 g/mol. The van der Waals surface area contributed by atoms with Crippen LogP contribution in [0.4, 0.5) is 5.69 Å². The largest absolute Gasteiger partial charge is 0.316 e. The summed E-state index contributed by atoms with van der Waals surface area (Å²) in [6.45, 7) is 5.29. The van der Waals surface area contributed by atoms with Gasteiger partial charge in [0.2, 0.25) is 10.0 Å². The van der Waals surface area contributed by atoms with Crippen molar-refractivity contribution in [3.63, 3.8) is 0 Å². The molecule has 0 radical (unpaired) electrons. The molecule has 0 bridgehead atoms. The summed E-state index contributed by atoms with van der Waals surface area (Å²) in [6, 6.07) is 5.59. The molecule has 4 nitrogen and oxygen atoms in total. The third-order valence-corrected chi connectivity index (χ3v) is 4.95. The van der Waals surface area contributed by atoms with Crippen LogP contribution in [0.15, 0.2) is 18.2 Å². The molecule has 0 aliphatic carbocycles. The molecule has 0 fully saturated rings. The van der Waals surface area contributed by atoms with Crippen molar-refractivity contribution in [2.24, 2.45) is 0 Å². The highest BCUT2D eigenvalue weighted by atomic mass is 127. The van der Waals surface area contributed by atoms with Crippen LogP contribution in [0.25, 0.3) is 0 Å². The quantitative estimate of drug-likeness (QED) is 0.562. The van der Waals surface area contributed by atoms with Gasteiger partial charge in [-0.15, -0.1) is 0 Å². The molecule has 0 saturated heterocycles. The maximum absolute atomic E-state index is 11.9. The van der Waals surface area contributed by atoms with Gasteiger partial charge >= 0.3 is 0 Å². The van der Waals surface area contributed by atoms with Crippen LogP contribution < -0.4 is 10.0 Å². The molecule has 6 heteroatoms. The average molecular weight is 382 g/mol. The van der Waals surface area contributed by atoms with E-state index in [2.05, 4.69) is 39.6 Å². The first-order chi connectivity index (χ1) is 8.46. The molecular formula is C12H19IN2O2S. The van der Waals surface area contributed by atoms with Crippen LogP contribution in [0.5, 0.6) is 0 Å². The smallest absolute Gasteiger partial charge is 0.233 e. The van der Waals surface area contributed by atoms with Gasteiger partial charge in [-0.25, -0.2) is 8.42 Å². The van der Waals surface area contributed by atoms with Crippen molar-refractivity contribution in [1.82, 2.24) is 5.32 Å². The fourth-order valence-electron chi connectivity index (χ4n) is 1.44. The van der Waals surface area contributed by atoms with Crippen molar-refractivity contribution in [2.75, 3.05) is 23.6 Å². The second-order valence-corrected chi connectivity index (χ2v) is 7.09. The first-order valence-electron chi connectivity index (χ1n) is 5.92. The third kappa shape index (κ3) is 5.11. The van der Waals surface area contributed by atoms with Crippen molar-refractivity contribution < 1.29 is 8.42 Å². The Morgan fingerprint density at radius 2 is 2.00 bits per heavy atom. The summed E-state index contributed by atoms with van der Waals surface area (Å²) in [6.07, 6.45) is 1.00. The highest BCUT2D eigenvalue weighted by Gasteiger charge is 2.12. The minimum Gasteiger partial charge on any atom is -0.316 e. The highest BCUT2D eigenvalue weighted by Crippen LogP contribution is 2.21. The van der Waals surface area contributed by atoms with Crippen molar-refractivity contribution in [2.45, 2.75) is 20.3 Å². The molecule has 0 aliphatic rings. The molecule has 1 rings (SSSR count). The summed E-state index contributed by atoms with van der Waals surface area (Å²) in [5.41, 5.74) is 1.63. The lowest BCUT2D eigenvalue weighted by molar-refractivity contribution is 0.595. The lowest BCUT2D eigenvalue weighted by Crippen LogP contribution is -2.27. The molecule has 0 aliphatic heterocycles. The Balaban J connectivity index is 2.62. The van der Waals surface area contributed by atoms with E-state index >= 15 is 0 Å². The van der Waals surface area contributed by atoms with E-state index < -0.39 is 10.0 Å². The molecule has 1 aromatic carbocycles. The van der Waals surface area contributed by atoms with E-state index in [9.17, 15) is 8.42 Å². The minimum absolute atomic E-state index is 0.0952. The van der Waals surface area contributed by atoms with Crippen molar-refractivity contribution in [1.29, 1.82) is 0 Å². The Hall–Kier alpha value is -0.340. The number of sulfonamides is 1. The van der Waals surface area contributed by atoms with Crippen LogP contribution >= 0.6 is 22.6 Å². The van der Waals surface area contributed by atoms with E-state index in [4.69, 9.17) is 0 Å². The molecule has 0 aromatic heterocycles. The van der Waals surface area contributed by atoms with Gasteiger partial charge in [-0.2, -0.15) is 0 Å². The van der Waals surface area contributed by atoms with Crippen molar-refractivity contribution in [3.05, 3.63) is 27.3 Å². The zero-order chi connectivity index (χ0) is 13.6. The van der Waals surface area contributed by atoms with Crippen LogP contribution in [0, 0.1) is 10.5 Å². The van der Waals surface area contributed by atoms with Gasteiger partial charge in [0.1, 0.15) is 0 Å². The second-order valence-electron chi connectivity index (χ2n) is 4.08. The molecule has 102 valence electrons. The van der Waals surface area contributed by atoms with Crippen molar-refractivity contribution in [3.8, 4) is 0 Å². The minimum atomic E-state index is -3.27. The second kappa shape index (κ2) is 7.30. The Morgan fingerprint density at radius 1 is 1.28 bits per heavy atom. The summed E-state index contributed by atoms with van der Waals surface area (Å²) < 4.78 is 27.4. The number of rotatable bonds is 7. The van der Waals surface area contributed by atoms with Gasteiger partial charge in [0.25, 0.3) is 0 Å². The summed E-state index contributed by atoms with van der Waals surface area (Å²) >= 11 is 2.19. The predicted octanol–water partition coefficient (Wildman–Crippen LogP) is 2.34. The molecule has 2 N–H and O–H groups in total. The molecule has 0 amide bonds. The van der Waals surface area contributed by atoms with E-state index in [1.807, 2.05) is 19.1 Å². The predicted molar refractivity (Wildman–Crippen MR) is 84.5 cm³/mol. The normalized spacial score (nSPS) is 11.5. The first kappa shape index (κ1) is 15.7. The molecule has 0 saturated carbocycles. The molecule has 0 atom stereocenters. The number of nitrogens with one attached hydrogen (secondary N) is 2. The van der Waals surface area contributed by atoms with E-state index in [0.717, 1.165) is 22.1 Å². The number of anilines is 1. The van der Waals surface area contributed by atoms with E-state index in [1.165, 1.54) is 0 Å². The lowest BCUT2D eigenvalue weighted by atomic mass is 10.2. The summed E-state index contributed by atoms with van der Waals surface area (Å²) in [4.78, 5) is 0. The molecule has 0 unspecified atom stereocenters. The van der Waals surface area contributed by atoms with Gasteiger partial charge in [-0.1, -0.05) is 13.0 Å². The molecule has 18 heavy (non-hydrogen) atoms. The first-order valence-corrected chi connectivity index (χ1v) is 8.65. The number of halogens is 1. The van der Waals surface area contributed by atoms with E-state index in [-0.39, 0.29) is 5.75 Å². The van der Waals surface area contributed by atoms with Gasteiger partial charge in [-0.3, -0.25) is 4.72 Å². The number of hydrogen-bond donors (Lipinski definition) is 2. The molecule has 1 aromatic rings. The van der Waals surface area contributed by atoms with E-state index in [1.54, 1.807) is 6.07 Å². The summed E-state index contributed by atoms with van der Waals surface area (Å²) in [5.74, 6) is 0.0952. The number of benzene rings is 1. The van der Waals surface area contributed by atoms with Gasteiger partial charge in [-0.05, 0) is 60.2 Å². The topological polar surface area (TPSA) is 58.2 Å². The zero-order valence-corrected chi connectivity index (χ0v) is 13.6. The highest BCUT2D eigenvalue weighted by molar-refractivity contribution is 14.1. The molecule has 0 heterocycles. The Bertz CT molecular complexity index is 489. The van der Waals surface area contributed by atoms with E-state index in [0.29, 0.717) is 12.2 Å². The van der Waals surface area contributed by atoms with Crippen LogP contribution in [0.3, 0.4) is 0 Å². The SMILES string of the molecule is CCCNCCS(=O)(=O)Nc1cccc(I)c1C. The maximum Gasteiger partial charge on any atom is 0.233 e. The molecule has 0 spiro atoms. The van der Waals surface area contributed by atoms with Crippen LogP contribution in [0.1, 0.15) is 18.9 Å². The fraction of sp³-hybridized carbons (Fsp3) is 0.500. The van der Waals surface area contributed by atoms with Gasteiger partial charge in [0.15, 0.2) is 0 Å². The lowest BCUT2D eigenvalue weighted by Gasteiger charge is -2.11. The van der Waals surface area contributed by atoms with Gasteiger partial charge in [0.05, 0.1) is 11.4 Å². The fourth-order valence-corrected chi connectivity index (χ4v) is 3.01. The van der Waals surface area contributed by atoms with Gasteiger partial charge < -0.3 is 5.32 Å². The van der Waals surface area contributed by atoms with Crippen molar-refractivity contribution >= 4 is 38.3 Å². The monoisotopic (exact) mass is 382 g/mol. The Kier molecular flexibility index (Phi) is 6.37. The standard InChI is InChI=1S/C12H19IN2O2S/c1-3-7-14-8-9-18(16,17)15-12-6-4-5-11(13)10(12)2/h4-6,14-15H,3,7-9H2,1-2H3. The van der Waals surface area contributed by atoms with Crippen LogP contribution in [-0.2, 0) is 10.0 Å². The Labute approximate surface area is 123 Å². The summed E-state index contributed by atoms with van der Waals surface area (Å²) in [7, 11) is -3.27. The third-order valence-electron chi connectivity index (χ3n) is 2.51. The zero-order valence-electron chi connectivity index (χ0n) is 10.7. The maximum atomic E-state index is 11.9. The van der Waals surface area contributed by atoms with Crippen LogP contribution in [0.2, 0.25) is 0 Å². The average Bonchev–Trinajstić information content (AvgIpc) is 2.31. The number of hydrogen-bond acceptors (Lipinski definition) is 3. The Morgan fingerprint density at radius 3 is 2.67 bits per heavy atom. The van der Waals surface area contributed by atoms with Crippen LogP contribution in [-0.4, -0.2) is 27.3 Å². The van der Waals surface area contributed by atoms with Gasteiger partial charge in [0, 0.05) is 10.1 Å².